The Morgan fingerprint density at radius 1 is 1.11 bits per heavy atom. The molecule has 194 valence electrons. The van der Waals surface area contributed by atoms with Crippen molar-refractivity contribution >= 4 is 23.7 Å². The maximum Gasteiger partial charge on any atom is 0.527 e. The molecule has 1 aromatic rings. The summed E-state index contributed by atoms with van der Waals surface area (Å²) in [6, 6.07) is 10.2. The van der Waals surface area contributed by atoms with Crippen molar-refractivity contribution in [1.29, 1.82) is 0 Å². The highest BCUT2D eigenvalue weighted by atomic mass is 16.8. The number of nitrogens with zero attached hydrogens (tertiary/aromatic N) is 3. The highest BCUT2D eigenvalue weighted by Gasteiger charge is 2.49. The predicted octanol–water partition coefficient (Wildman–Crippen LogP) is 2.60. The molecule has 2 amide bonds. The van der Waals surface area contributed by atoms with Gasteiger partial charge >= 0.3 is 6.16 Å². The molecule has 10 heteroatoms. The number of oxime groups is 1. The summed E-state index contributed by atoms with van der Waals surface area (Å²) in [6.07, 6.45) is 3.34. The quantitative estimate of drug-likeness (QED) is 0.601. The van der Waals surface area contributed by atoms with Gasteiger partial charge in [0.1, 0.15) is 11.3 Å². The van der Waals surface area contributed by atoms with E-state index < -0.39 is 11.8 Å². The van der Waals surface area contributed by atoms with Crippen molar-refractivity contribution in [1.82, 2.24) is 15.3 Å². The number of hydrogen-bond acceptors (Lipinski definition) is 8. The van der Waals surface area contributed by atoms with E-state index >= 15 is 0 Å². The van der Waals surface area contributed by atoms with E-state index in [0.717, 1.165) is 6.42 Å². The zero-order chi connectivity index (χ0) is 25.1. The summed E-state index contributed by atoms with van der Waals surface area (Å²) in [7, 11) is 0. The summed E-state index contributed by atoms with van der Waals surface area (Å²) in [4.78, 5) is 50.1. The number of hydroxylamine groups is 2. The van der Waals surface area contributed by atoms with Gasteiger partial charge in [-0.25, -0.2) is 4.79 Å². The molecule has 2 saturated heterocycles. The number of nitrogens with one attached hydrogen (secondary N) is 1. The standard InChI is InChI=1S/C26H34N4O6/c1-2-34-25(33)35-30-12-8-19(9-13-30)27-23(31)22-17-26(36-28-22)10-14-29(15-11-26)24(32)21-16-20(21)18-6-4-3-5-7-18/h3-7,19-21H,2,8-17H2,1H3,(H,27,31). The minimum absolute atomic E-state index is 0.0191. The fourth-order valence-corrected chi connectivity index (χ4v) is 5.43. The molecule has 0 aromatic heterocycles. The minimum atomic E-state index is -0.705. The van der Waals surface area contributed by atoms with Crippen LogP contribution in [0.5, 0.6) is 0 Å². The van der Waals surface area contributed by atoms with Crippen LogP contribution in [0, 0.1) is 5.92 Å². The lowest BCUT2D eigenvalue weighted by Gasteiger charge is -2.37. The normalized spacial score (nSPS) is 25.6. The monoisotopic (exact) mass is 498 g/mol. The highest BCUT2D eigenvalue weighted by molar-refractivity contribution is 6.39. The molecule has 0 bridgehead atoms. The summed E-state index contributed by atoms with van der Waals surface area (Å²) in [5.41, 5.74) is 1.15. The Kier molecular flexibility index (Phi) is 7.13. The van der Waals surface area contributed by atoms with Crippen molar-refractivity contribution < 1.29 is 28.8 Å². The van der Waals surface area contributed by atoms with Gasteiger partial charge in [0.2, 0.25) is 5.91 Å². The first-order valence-electron chi connectivity index (χ1n) is 13.0. The topological polar surface area (TPSA) is 110 Å². The molecule has 2 atom stereocenters. The number of carbonyl (C=O) groups is 3. The molecule has 3 heterocycles. The Balaban J connectivity index is 1.04. The zero-order valence-electron chi connectivity index (χ0n) is 20.7. The van der Waals surface area contributed by atoms with Gasteiger partial charge in [0.15, 0.2) is 0 Å². The fourth-order valence-electron chi connectivity index (χ4n) is 5.43. The van der Waals surface area contributed by atoms with Gasteiger partial charge in [-0.1, -0.05) is 35.5 Å². The summed E-state index contributed by atoms with van der Waals surface area (Å²) in [5.74, 6) is 0.435. The molecule has 4 aliphatic rings. The van der Waals surface area contributed by atoms with E-state index in [0.29, 0.717) is 69.9 Å². The number of piperidine rings is 2. The second-order valence-corrected chi connectivity index (χ2v) is 10.1. The van der Waals surface area contributed by atoms with Crippen molar-refractivity contribution in [3.8, 4) is 0 Å². The average molecular weight is 499 g/mol. The van der Waals surface area contributed by atoms with Crippen LogP contribution >= 0.6 is 0 Å². The van der Waals surface area contributed by atoms with Crippen LogP contribution in [0.25, 0.3) is 0 Å². The van der Waals surface area contributed by atoms with Crippen LogP contribution in [0.4, 0.5) is 4.79 Å². The van der Waals surface area contributed by atoms with Crippen molar-refractivity contribution in [3.05, 3.63) is 35.9 Å². The third-order valence-electron chi connectivity index (χ3n) is 7.68. The molecule has 1 saturated carbocycles. The Bertz CT molecular complexity index is 999. The van der Waals surface area contributed by atoms with Crippen LogP contribution in [0.15, 0.2) is 35.5 Å². The SMILES string of the molecule is CCOC(=O)ON1CCC(NC(=O)C2=NOC3(CCN(C(=O)C4CC4c4ccccc4)CC3)C2)CC1. The average Bonchev–Trinajstić information content (AvgIpc) is 3.60. The van der Waals surface area contributed by atoms with Gasteiger partial charge in [0.25, 0.3) is 5.91 Å². The Morgan fingerprint density at radius 3 is 2.53 bits per heavy atom. The largest absolute Gasteiger partial charge is 0.527 e. The fraction of sp³-hybridized carbons (Fsp3) is 0.615. The van der Waals surface area contributed by atoms with Crippen molar-refractivity contribution in [2.75, 3.05) is 32.8 Å². The first-order valence-corrected chi connectivity index (χ1v) is 13.0. The third-order valence-corrected chi connectivity index (χ3v) is 7.68. The predicted molar refractivity (Wildman–Crippen MR) is 130 cm³/mol. The number of carbonyl (C=O) groups excluding carboxylic acids is 3. The van der Waals surface area contributed by atoms with Crippen molar-refractivity contribution in [2.45, 2.75) is 63.0 Å². The zero-order valence-corrected chi connectivity index (χ0v) is 20.7. The second-order valence-electron chi connectivity index (χ2n) is 10.1. The first kappa shape index (κ1) is 24.5. The van der Waals surface area contributed by atoms with Gasteiger partial charge < -0.3 is 24.6 Å². The lowest BCUT2D eigenvalue weighted by molar-refractivity contribution is -0.141. The molecule has 1 N–H and O–H groups in total. The molecule has 1 spiro atoms. The molecular formula is C26H34N4O6. The van der Waals surface area contributed by atoms with Crippen LogP contribution < -0.4 is 5.32 Å². The number of ether oxygens (including phenoxy) is 1. The lowest BCUT2D eigenvalue weighted by Crippen LogP contribution is -2.49. The molecule has 5 rings (SSSR count). The van der Waals surface area contributed by atoms with E-state index in [-0.39, 0.29) is 30.4 Å². The second kappa shape index (κ2) is 10.5. The van der Waals surface area contributed by atoms with E-state index in [1.807, 2.05) is 23.1 Å². The summed E-state index contributed by atoms with van der Waals surface area (Å²) < 4.78 is 4.79. The Labute approximate surface area is 210 Å². The molecule has 3 aliphatic heterocycles. The van der Waals surface area contributed by atoms with Crippen LogP contribution in [-0.4, -0.2) is 78.1 Å². The molecule has 1 aromatic carbocycles. The number of benzene rings is 1. The number of hydrogen-bond donors (Lipinski definition) is 1. The smallest absolute Gasteiger partial charge is 0.433 e. The summed E-state index contributed by atoms with van der Waals surface area (Å²) in [5, 5.41) is 8.73. The molecule has 2 unspecified atom stereocenters. The maximum absolute atomic E-state index is 13.0. The third kappa shape index (κ3) is 5.48. The summed E-state index contributed by atoms with van der Waals surface area (Å²) in [6.45, 7) is 4.28. The van der Waals surface area contributed by atoms with Gasteiger partial charge in [-0.15, -0.1) is 5.06 Å². The van der Waals surface area contributed by atoms with Crippen molar-refractivity contribution in [2.24, 2.45) is 11.1 Å². The molecule has 1 aliphatic carbocycles. The van der Waals surface area contributed by atoms with E-state index in [9.17, 15) is 14.4 Å². The minimum Gasteiger partial charge on any atom is -0.433 e. The lowest BCUT2D eigenvalue weighted by atomic mass is 9.86. The number of amides is 2. The van der Waals surface area contributed by atoms with Crippen LogP contribution in [0.1, 0.15) is 56.9 Å². The molecule has 10 nitrogen and oxygen atoms in total. The molecular weight excluding hydrogens is 464 g/mol. The van der Waals surface area contributed by atoms with Crippen LogP contribution in [0.3, 0.4) is 0 Å². The Hall–Kier alpha value is -3.14. The van der Waals surface area contributed by atoms with Gasteiger partial charge in [-0.3, -0.25) is 9.59 Å². The van der Waals surface area contributed by atoms with Gasteiger partial charge in [0.05, 0.1) is 6.61 Å². The van der Waals surface area contributed by atoms with E-state index in [1.165, 1.54) is 5.56 Å². The first-order chi connectivity index (χ1) is 17.5. The maximum atomic E-state index is 13.0. The van der Waals surface area contributed by atoms with E-state index in [1.54, 1.807) is 12.0 Å². The summed E-state index contributed by atoms with van der Waals surface area (Å²) >= 11 is 0. The van der Waals surface area contributed by atoms with Crippen LogP contribution in [0.2, 0.25) is 0 Å². The molecule has 36 heavy (non-hydrogen) atoms. The van der Waals surface area contributed by atoms with E-state index in [2.05, 4.69) is 22.6 Å². The van der Waals surface area contributed by atoms with Crippen LogP contribution in [-0.2, 0) is 24.0 Å². The van der Waals surface area contributed by atoms with E-state index in [4.69, 9.17) is 14.4 Å². The van der Waals surface area contributed by atoms with Gasteiger partial charge in [0, 0.05) is 57.4 Å². The molecule has 3 fully saturated rings. The highest BCUT2D eigenvalue weighted by Crippen LogP contribution is 2.49. The van der Waals surface area contributed by atoms with Crippen molar-refractivity contribution in [3.63, 3.8) is 0 Å². The number of rotatable bonds is 6. The molecule has 0 radical (unpaired) electrons. The van der Waals surface area contributed by atoms with Gasteiger partial charge in [-0.2, -0.15) is 0 Å². The Morgan fingerprint density at radius 2 is 1.83 bits per heavy atom. The number of likely N-dealkylation sites (tertiary alicyclic amines) is 1. The van der Waals surface area contributed by atoms with Gasteiger partial charge in [-0.05, 0) is 37.7 Å².